The number of benzene rings is 1. The first kappa shape index (κ1) is 27.8. The Kier molecular flexibility index (Phi) is 9.73. The van der Waals surface area contributed by atoms with Gasteiger partial charge in [-0.05, 0) is 57.4 Å². The van der Waals surface area contributed by atoms with Gasteiger partial charge in [0.2, 0.25) is 11.8 Å². The summed E-state index contributed by atoms with van der Waals surface area (Å²) in [6.07, 6.45) is 6.60. The van der Waals surface area contributed by atoms with Crippen LogP contribution in [-0.4, -0.2) is 65.8 Å². The van der Waals surface area contributed by atoms with E-state index in [0.717, 1.165) is 35.5 Å². The third kappa shape index (κ3) is 7.60. The van der Waals surface area contributed by atoms with Crippen molar-refractivity contribution in [1.82, 2.24) is 25.5 Å². The number of nitrogens with two attached hydrogens (primary N) is 1. The Morgan fingerprint density at radius 3 is 2.65 bits per heavy atom. The third-order valence-electron chi connectivity index (χ3n) is 6.32. The van der Waals surface area contributed by atoms with Gasteiger partial charge in [-0.15, -0.1) is 0 Å². The summed E-state index contributed by atoms with van der Waals surface area (Å²) in [5, 5.41) is 9.04. The predicted molar refractivity (Wildman–Crippen MR) is 144 cm³/mol. The number of anilines is 2. The highest BCUT2D eigenvalue weighted by atomic mass is 16.2. The van der Waals surface area contributed by atoms with Crippen LogP contribution in [0.1, 0.15) is 60.0 Å². The van der Waals surface area contributed by atoms with E-state index >= 15 is 0 Å². The van der Waals surface area contributed by atoms with Crippen LogP contribution in [0, 0.1) is 0 Å². The van der Waals surface area contributed by atoms with E-state index in [9.17, 15) is 14.4 Å². The number of aryl methyl sites for hydroxylation is 1. The van der Waals surface area contributed by atoms with E-state index in [2.05, 4.69) is 20.9 Å². The van der Waals surface area contributed by atoms with Crippen LogP contribution in [0.2, 0.25) is 0 Å². The molecule has 37 heavy (non-hydrogen) atoms. The number of aromatic nitrogens is 2. The van der Waals surface area contributed by atoms with Crippen LogP contribution >= 0.6 is 0 Å². The van der Waals surface area contributed by atoms with Crippen LogP contribution < -0.4 is 21.7 Å². The average Bonchev–Trinajstić information content (AvgIpc) is 3.73. The van der Waals surface area contributed by atoms with Crippen molar-refractivity contribution in [2.75, 3.05) is 32.5 Å². The van der Waals surface area contributed by atoms with E-state index in [0.29, 0.717) is 37.7 Å². The van der Waals surface area contributed by atoms with E-state index in [1.165, 1.54) is 11.0 Å². The average molecular weight is 508 g/mol. The van der Waals surface area contributed by atoms with E-state index in [4.69, 9.17) is 10.7 Å². The molecule has 1 heterocycles. The van der Waals surface area contributed by atoms with Crippen molar-refractivity contribution in [2.45, 2.75) is 51.5 Å². The van der Waals surface area contributed by atoms with E-state index in [1.54, 1.807) is 27.1 Å². The number of amides is 3. The third-order valence-corrected chi connectivity index (χ3v) is 6.32. The first-order chi connectivity index (χ1) is 17.7. The summed E-state index contributed by atoms with van der Waals surface area (Å²) in [4.78, 5) is 47.5. The normalized spacial score (nSPS) is 13.8. The summed E-state index contributed by atoms with van der Waals surface area (Å²) >= 11 is 0. The fourth-order valence-electron chi connectivity index (χ4n) is 3.87. The van der Waals surface area contributed by atoms with Crippen molar-refractivity contribution in [3.8, 4) is 0 Å². The van der Waals surface area contributed by atoms with Crippen LogP contribution in [0.5, 0.6) is 0 Å². The van der Waals surface area contributed by atoms with Crippen molar-refractivity contribution in [2.24, 2.45) is 5.73 Å². The van der Waals surface area contributed by atoms with Gasteiger partial charge in [0.05, 0.1) is 11.4 Å². The van der Waals surface area contributed by atoms with Gasteiger partial charge in [0.25, 0.3) is 5.91 Å². The highest BCUT2D eigenvalue weighted by molar-refractivity contribution is 5.96. The van der Waals surface area contributed by atoms with E-state index in [1.807, 2.05) is 31.2 Å². The van der Waals surface area contributed by atoms with Gasteiger partial charge in [0, 0.05) is 37.8 Å². The fourth-order valence-corrected chi connectivity index (χ4v) is 3.87. The van der Waals surface area contributed by atoms with Gasteiger partial charge in [0.1, 0.15) is 6.04 Å². The zero-order chi connectivity index (χ0) is 26.9. The van der Waals surface area contributed by atoms with Gasteiger partial charge in [0.15, 0.2) is 11.5 Å². The number of nitrogens with one attached hydrogen (secondary N) is 3. The minimum absolute atomic E-state index is 0.132. The lowest BCUT2D eigenvalue weighted by Gasteiger charge is -2.23. The Balaban J connectivity index is 1.61. The zero-order valence-electron chi connectivity index (χ0n) is 22.0. The summed E-state index contributed by atoms with van der Waals surface area (Å²) in [6, 6.07) is 7.07. The lowest BCUT2D eigenvalue weighted by atomic mass is 10.1. The second kappa shape index (κ2) is 13.0. The lowest BCUT2D eigenvalue weighted by molar-refractivity contribution is -0.135. The predicted octanol–water partition coefficient (Wildman–Crippen LogP) is 2.04. The molecule has 0 saturated heterocycles. The molecule has 0 radical (unpaired) electrons. The summed E-state index contributed by atoms with van der Waals surface area (Å²) in [5.74, 6) is -0.326. The maximum Gasteiger partial charge on any atom is 0.271 e. The molecular formula is C27H37N7O3. The van der Waals surface area contributed by atoms with E-state index < -0.39 is 11.9 Å². The Bertz CT molecular complexity index is 1160. The van der Waals surface area contributed by atoms with Crippen molar-refractivity contribution in [1.29, 1.82) is 0 Å². The lowest BCUT2D eigenvalue weighted by Crippen LogP contribution is -2.45. The molecule has 5 N–H and O–H groups in total. The standard InChI is InChI=1S/C27H37N7O3/c1-5-21-23(19-11-12-19)33-26(24(32-21)25(28)36)31-20-9-6-8-18(16-20)13-15-30-27(37)17(2)34(4)22(35)10-7-14-29-3/h6-10,16-17,19,29H,5,11-15H2,1-4H3,(H2,28,36)(H,30,37)(H,31,33)/b10-7+. The first-order valence-electron chi connectivity index (χ1n) is 12.7. The van der Waals surface area contributed by atoms with Crippen LogP contribution in [0.25, 0.3) is 0 Å². The summed E-state index contributed by atoms with van der Waals surface area (Å²) in [5.41, 5.74) is 9.22. The van der Waals surface area contributed by atoms with Crippen molar-refractivity contribution in [3.63, 3.8) is 0 Å². The topological polar surface area (TPSA) is 142 Å². The highest BCUT2D eigenvalue weighted by Crippen LogP contribution is 2.41. The second-order valence-corrected chi connectivity index (χ2v) is 9.20. The Morgan fingerprint density at radius 2 is 2.00 bits per heavy atom. The van der Waals surface area contributed by atoms with Crippen LogP contribution in [0.15, 0.2) is 36.4 Å². The molecular weight excluding hydrogens is 470 g/mol. The molecule has 1 unspecified atom stereocenters. The van der Waals surface area contributed by atoms with Crippen molar-refractivity contribution < 1.29 is 14.4 Å². The number of carbonyl (C=O) groups is 3. The zero-order valence-corrected chi connectivity index (χ0v) is 22.0. The molecule has 198 valence electrons. The number of rotatable bonds is 13. The molecule has 1 fully saturated rings. The summed E-state index contributed by atoms with van der Waals surface area (Å²) in [7, 11) is 3.40. The van der Waals surface area contributed by atoms with Crippen molar-refractivity contribution in [3.05, 3.63) is 59.1 Å². The minimum Gasteiger partial charge on any atom is -0.364 e. The minimum atomic E-state index is -0.624. The number of hydrogen-bond acceptors (Lipinski definition) is 7. The molecule has 2 aromatic rings. The van der Waals surface area contributed by atoms with Gasteiger partial charge < -0.3 is 26.6 Å². The van der Waals surface area contributed by atoms with Crippen molar-refractivity contribution >= 4 is 29.2 Å². The molecule has 1 aliphatic carbocycles. The van der Waals surface area contributed by atoms with Gasteiger partial charge >= 0.3 is 0 Å². The molecule has 10 nitrogen and oxygen atoms in total. The second-order valence-electron chi connectivity index (χ2n) is 9.20. The number of likely N-dealkylation sites (N-methyl/N-ethyl adjacent to an activating group) is 2. The van der Waals surface area contributed by atoms with Gasteiger partial charge in [-0.3, -0.25) is 14.4 Å². The SMILES string of the molecule is CCc1nc(C(N)=O)c(Nc2cccc(CCNC(=O)C(C)N(C)C(=O)/C=C/CNC)c2)nc1C1CC1. The van der Waals surface area contributed by atoms with E-state index in [-0.39, 0.29) is 17.5 Å². The molecule has 1 aliphatic rings. The highest BCUT2D eigenvalue weighted by Gasteiger charge is 2.30. The Hall–Kier alpha value is -3.79. The molecule has 1 atom stereocenters. The number of carbonyl (C=O) groups excluding carboxylic acids is 3. The summed E-state index contributed by atoms with van der Waals surface area (Å²) in [6.45, 7) is 4.68. The molecule has 0 aliphatic heterocycles. The molecule has 0 spiro atoms. The quantitative estimate of drug-likeness (QED) is 0.304. The molecule has 0 bridgehead atoms. The monoisotopic (exact) mass is 507 g/mol. The van der Waals surface area contributed by atoms with Gasteiger partial charge in [-0.1, -0.05) is 25.1 Å². The molecule has 1 saturated carbocycles. The molecule has 3 amide bonds. The van der Waals surface area contributed by atoms with Gasteiger partial charge in [-0.25, -0.2) is 9.97 Å². The number of primary amides is 1. The molecule has 1 aromatic carbocycles. The number of hydrogen-bond donors (Lipinski definition) is 4. The molecule has 1 aromatic heterocycles. The van der Waals surface area contributed by atoms with Crippen LogP contribution in [0.4, 0.5) is 11.5 Å². The molecule has 3 rings (SSSR count). The first-order valence-corrected chi connectivity index (χ1v) is 12.7. The smallest absolute Gasteiger partial charge is 0.271 e. The largest absolute Gasteiger partial charge is 0.364 e. The van der Waals surface area contributed by atoms with Crippen LogP contribution in [0.3, 0.4) is 0 Å². The Labute approximate surface area is 218 Å². The van der Waals surface area contributed by atoms with Gasteiger partial charge in [-0.2, -0.15) is 0 Å². The fraction of sp³-hybridized carbons (Fsp3) is 0.444. The maximum absolute atomic E-state index is 12.6. The van der Waals surface area contributed by atoms with Crippen LogP contribution in [-0.2, 0) is 22.4 Å². The number of nitrogens with zero attached hydrogens (tertiary/aromatic N) is 3. The maximum atomic E-state index is 12.6. The Morgan fingerprint density at radius 1 is 1.24 bits per heavy atom. The molecule has 10 heteroatoms. The summed E-state index contributed by atoms with van der Waals surface area (Å²) < 4.78 is 0.